The second kappa shape index (κ2) is 5.71. The Labute approximate surface area is 120 Å². The van der Waals surface area contributed by atoms with Crippen molar-refractivity contribution in [3.63, 3.8) is 0 Å². The zero-order valence-electron chi connectivity index (χ0n) is 10.7. The summed E-state index contributed by atoms with van der Waals surface area (Å²) in [5.74, 6) is 0. The SMILES string of the molecule is C/C(=C/c1ccc(C(F)(F)F)cc1)c1ccc(Cl)cc1. The quantitative estimate of drug-likeness (QED) is 0.603. The van der Waals surface area contributed by atoms with E-state index < -0.39 is 11.7 Å². The predicted octanol–water partition coefficient (Wildman–Crippen LogP) is 5.92. The van der Waals surface area contributed by atoms with Crippen molar-refractivity contribution in [3.8, 4) is 0 Å². The van der Waals surface area contributed by atoms with Crippen LogP contribution in [0.3, 0.4) is 0 Å². The maximum absolute atomic E-state index is 12.5. The third-order valence-corrected chi connectivity index (χ3v) is 3.17. The third kappa shape index (κ3) is 3.64. The van der Waals surface area contributed by atoms with Crippen molar-refractivity contribution in [1.82, 2.24) is 0 Å². The van der Waals surface area contributed by atoms with Gasteiger partial charge in [0.25, 0.3) is 0 Å². The Hall–Kier alpha value is -1.74. The molecule has 0 heterocycles. The largest absolute Gasteiger partial charge is 0.416 e. The molecule has 0 spiro atoms. The first kappa shape index (κ1) is 14.7. The van der Waals surface area contributed by atoms with Gasteiger partial charge in [0.05, 0.1) is 5.56 Å². The molecule has 104 valence electrons. The molecule has 0 radical (unpaired) electrons. The van der Waals surface area contributed by atoms with E-state index in [1.54, 1.807) is 12.1 Å². The lowest BCUT2D eigenvalue weighted by Crippen LogP contribution is -2.03. The van der Waals surface area contributed by atoms with E-state index >= 15 is 0 Å². The van der Waals surface area contributed by atoms with Crippen molar-refractivity contribution in [2.24, 2.45) is 0 Å². The van der Waals surface area contributed by atoms with E-state index in [0.29, 0.717) is 5.02 Å². The molecule has 2 aromatic carbocycles. The molecule has 0 aromatic heterocycles. The Morgan fingerprint density at radius 3 is 2.00 bits per heavy atom. The van der Waals surface area contributed by atoms with Gasteiger partial charge < -0.3 is 0 Å². The standard InChI is InChI=1S/C16H12ClF3/c1-11(13-4-8-15(17)9-5-13)10-12-2-6-14(7-3-12)16(18,19)20/h2-10H,1H3/b11-10-. The van der Waals surface area contributed by atoms with Crippen LogP contribution in [0.15, 0.2) is 48.5 Å². The highest BCUT2D eigenvalue weighted by atomic mass is 35.5. The summed E-state index contributed by atoms with van der Waals surface area (Å²) in [6.07, 6.45) is -2.46. The van der Waals surface area contributed by atoms with Crippen LogP contribution in [-0.2, 0) is 6.18 Å². The van der Waals surface area contributed by atoms with Crippen LogP contribution in [0.4, 0.5) is 13.2 Å². The Morgan fingerprint density at radius 1 is 0.950 bits per heavy atom. The summed E-state index contributed by atoms with van der Waals surface area (Å²) in [5, 5.41) is 0.649. The minimum atomic E-state index is -4.30. The molecule has 4 heteroatoms. The number of allylic oxidation sites excluding steroid dienone is 1. The van der Waals surface area contributed by atoms with Gasteiger partial charge >= 0.3 is 6.18 Å². The zero-order chi connectivity index (χ0) is 14.8. The van der Waals surface area contributed by atoms with Gasteiger partial charge in [-0.15, -0.1) is 0 Å². The second-order valence-electron chi connectivity index (χ2n) is 4.45. The van der Waals surface area contributed by atoms with Gasteiger partial charge in [-0.3, -0.25) is 0 Å². The summed E-state index contributed by atoms with van der Waals surface area (Å²) < 4.78 is 37.4. The van der Waals surface area contributed by atoms with E-state index in [1.807, 2.05) is 25.1 Å². The van der Waals surface area contributed by atoms with Crippen molar-refractivity contribution in [1.29, 1.82) is 0 Å². The average Bonchev–Trinajstić information content (AvgIpc) is 2.39. The molecule has 0 fully saturated rings. The summed E-state index contributed by atoms with van der Waals surface area (Å²) in [6.45, 7) is 1.90. The monoisotopic (exact) mass is 296 g/mol. The fourth-order valence-corrected chi connectivity index (χ4v) is 1.94. The molecule has 2 aromatic rings. The topological polar surface area (TPSA) is 0 Å². The first-order valence-electron chi connectivity index (χ1n) is 5.98. The van der Waals surface area contributed by atoms with E-state index in [4.69, 9.17) is 11.6 Å². The maximum atomic E-state index is 12.5. The molecular formula is C16H12ClF3. The number of halogens is 4. The average molecular weight is 297 g/mol. The Balaban J connectivity index is 2.24. The molecule has 0 aliphatic rings. The normalized spacial score (nSPS) is 12.6. The number of rotatable bonds is 2. The van der Waals surface area contributed by atoms with Gasteiger partial charge in [-0.1, -0.05) is 41.9 Å². The summed E-state index contributed by atoms with van der Waals surface area (Å²) in [7, 11) is 0. The molecular weight excluding hydrogens is 285 g/mol. The summed E-state index contributed by atoms with van der Waals surface area (Å²) in [6, 6.07) is 12.4. The third-order valence-electron chi connectivity index (χ3n) is 2.92. The highest BCUT2D eigenvalue weighted by Crippen LogP contribution is 2.29. The van der Waals surface area contributed by atoms with Crippen LogP contribution in [0.25, 0.3) is 11.6 Å². The minimum Gasteiger partial charge on any atom is -0.166 e. The zero-order valence-corrected chi connectivity index (χ0v) is 11.5. The molecule has 20 heavy (non-hydrogen) atoms. The second-order valence-corrected chi connectivity index (χ2v) is 4.89. The summed E-state index contributed by atoms with van der Waals surface area (Å²) in [5.41, 5.74) is 2.03. The van der Waals surface area contributed by atoms with Gasteiger partial charge in [0.15, 0.2) is 0 Å². The molecule has 0 nitrogen and oxygen atoms in total. The molecule has 2 rings (SSSR count). The molecule has 0 atom stereocenters. The van der Waals surface area contributed by atoms with Crippen LogP contribution in [0.2, 0.25) is 5.02 Å². The smallest absolute Gasteiger partial charge is 0.166 e. The molecule has 0 bridgehead atoms. The highest BCUT2D eigenvalue weighted by Gasteiger charge is 2.29. The maximum Gasteiger partial charge on any atom is 0.416 e. The van der Waals surface area contributed by atoms with Gasteiger partial charge in [0.1, 0.15) is 0 Å². The Bertz CT molecular complexity index is 608. The molecule has 0 N–H and O–H groups in total. The highest BCUT2D eigenvalue weighted by molar-refractivity contribution is 6.30. The number of alkyl halides is 3. The molecule has 0 saturated carbocycles. The van der Waals surface area contributed by atoms with Crippen LogP contribution in [0.5, 0.6) is 0 Å². The van der Waals surface area contributed by atoms with Crippen LogP contribution in [-0.4, -0.2) is 0 Å². The van der Waals surface area contributed by atoms with E-state index in [9.17, 15) is 13.2 Å². The van der Waals surface area contributed by atoms with Crippen molar-refractivity contribution in [2.75, 3.05) is 0 Å². The van der Waals surface area contributed by atoms with Gasteiger partial charge in [0, 0.05) is 5.02 Å². The van der Waals surface area contributed by atoms with Crippen molar-refractivity contribution < 1.29 is 13.2 Å². The molecule has 0 aliphatic heterocycles. The molecule has 0 amide bonds. The van der Waals surface area contributed by atoms with Gasteiger partial charge in [-0.25, -0.2) is 0 Å². The van der Waals surface area contributed by atoms with Crippen LogP contribution in [0.1, 0.15) is 23.6 Å². The van der Waals surface area contributed by atoms with Crippen LogP contribution in [0, 0.1) is 0 Å². The van der Waals surface area contributed by atoms with E-state index in [-0.39, 0.29) is 0 Å². The van der Waals surface area contributed by atoms with E-state index in [1.165, 1.54) is 12.1 Å². The summed E-state index contributed by atoms with van der Waals surface area (Å²) in [4.78, 5) is 0. The number of hydrogen-bond donors (Lipinski definition) is 0. The lowest BCUT2D eigenvalue weighted by molar-refractivity contribution is -0.137. The minimum absolute atomic E-state index is 0.640. The fraction of sp³-hybridized carbons (Fsp3) is 0.125. The van der Waals surface area contributed by atoms with Crippen molar-refractivity contribution in [2.45, 2.75) is 13.1 Å². The lowest BCUT2D eigenvalue weighted by atomic mass is 10.0. The first-order chi connectivity index (χ1) is 9.36. The number of hydrogen-bond acceptors (Lipinski definition) is 0. The first-order valence-corrected chi connectivity index (χ1v) is 6.35. The predicted molar refractivity (Wildman–Crippen MR) is 76.4 cm³/mol. The number of benzene rings is 2. The van der Waals surface area contributed by atoms with Crippen LogP contribution < -0.4 is 0 Å². The van der Waals surface area contributed by atoms with Crippen molar-refractivity contribution >= 4 is 23.3 Å². The van der Waals surface area contributed by atoms with Gasteiger partial charge in [0.2, 0.25) is 0 Å². The van der Waals surface area contributed by atoms with Crippen LogP contribution >= 0.6 is 11.6 Å². The van der Waals surface area contributed by atoms with E-state index in [2.05, 4.69) is 0 Å². The van der Waals surface area contributed by atoms with E-state index in [0.717, 1.165) is 28.8 Å². The van der Waals surface area contributed by atoms with Gasteiger partial charge in [-0.05, 0) is 47.9 Å². The Kier molecular flexibility index (Phi) is 4.19. The summed E-state index contributed by atoms with van der Waals surface area (Å²) >= 11 is 5.81. The molecule has 0 unspecified atom stereocenters. The van der Waals surface area contributed by atoms with Gasteiger partial charge in [-0.2, -0.15) is 13.2 Å². The Morgan fingerprint density at radius 2 is 1.50 bits per heavy atom. The fourth-order valence-electron chi connectivity index (χ4n) is 1.81. The van der Waals surface area contributed by atoms with Crippen molar-refractivity contribution in [3.05, 3.63) is 70.2 Å². The molecule has 0 saturated heterocycles. The lowest BCUT2D eigenvalue weighted by Gasteiger charge is -2.07. The molecule has 0 aliphatic carbocycles.